The molecule has 1 saturated heterocycles. The lowest BCUT2D eigenvalue weighted by Gasteiger charge is -2.37. The smallest absolute Gasteiger partial charge is 0.228 e. The molecule has 1 amide bonds. The predicted octanol–water partition coefficient (Wildman–Crippen LogP) is 3.33. The lowest BCUT2D eigenvalue weighted by Crippen LogP contribution is -2.47. The monoisotopic (exact) mass is 378 g/mol. The second-order valence-electron chi connectivity index (χ2n) is 5.60. The van der Waals surface area contributed by atoms with E-state index in [0.29, 0.717) is 12.5 Å². The topological polar surface area (TPSA) is 41.1 Å². The molecule has 1 aromatic rings. The molecular weight excluding hydrogens is 360 g/mol. The Morgan fingerprint density at radius 1 is 1.55 bits per heavy atom. The van der Waals surface area contributed by atoms with Crippen LogP contribution in [0.25, 0.3) is 0 Å². The minimum atomic E-state index is -0.137. The zero-order chi connectivity index (χ0) is 13.3. The first-order valence-electron chi connectivity index (χ1n) is 6.93. The van der Waals surface area contributed by atoms with E-state index in [1.165, 1.54) is 24.1 Å². The number of nitrogens with one attached hydrogen (secondary N) is 2. The van der Waals surface area contributed by atoms with Crippen molar-refractivity contribution in [2.24, 2.45) is 11.3 Å². The minimum Gasteiger partial charge on any atom is -0.351 e. The summed E-state index contributed by atoms with van der Waals surface area (Å²) in [6.45, 7) is 2.51. The van der Waals surface area contributed by atoms with Crippen molar-refractivity contribution in [1.29, 1.82) is 0 Å². The summed E-state index contributed by atoms with van der Waals surface area (Å²) in [6, 6.07) is 2.03. The number of thiophene rings is 1. The second kappa shape index (κ2) is 6.77. The first kappa shape index (κ1) is 16.3. The highest BCUT2D eigenvalue weighted by Crippen LogP contribution is 2.44. The molecule has 1 aliphatic carbocycles. The predicted molar refractivity (Wildman–Crippen MR) is 88.4 cm³/mol. The molecule has 3 nitrogen and oxygen atoms in total. The van der Waals surface area contributed by atoms with E-state index in [1.807, 2.05) is 11.4 Å². The average Bonchev–Trinajstić information content (AvgIpc) is 3.02. The second-order valence-corrected chi connectivity index (χ2v) is 7.46. The molecule has 20 heavy (non-hydrogen) atoms. The normalized spacial score (nSPS) is 28.6. The van der Waals surface area contributed by atoms with Gasteiger partial charge in [0.25, 0.3) is 0 Å². The Morgan fingerprint density at radius 3 is 3.15 bits per heavy atom. The lowest BCUT2D eigenvalue weighted by atomic mass is 9.67. The highest BCUT2D eigenvalue weighted by atomic mass is 79.9. The van der Waals surface area contributed by atoms with Crippen molar-refractivity contribution in [2.75, 3.05) is 13.1 Å². The van der Waals surface area contributed by atoms with Crippen molar-refractivity contribution in [2.45, 2.75) is 32.2 Å². The largest absolute Gasteiger partial charge is 0.351 e. The zero-order valence-electron chi connectivity index (χ0n) is 11.3. The van der Waals surface area contributed by atoms with Crippen molar-refractivity contribution < 1.29 is 4.79 Å². The van der Waals surface area contributed by atoms with Crippen LogP contribution in [0.3, 0.4) is 0 Å². The molecule has 2 N–H and O–H groups in total. The van der Waals surface area contributed by atoms with Gasteiger partial charge in [-0.25, -0.2) is 0 Å². The zero-order valence-corrected chi connectivity index (χ0v) is 14.5. The van der Waals surface area contributed by atoms with Crippen LogP contribution in [-0.2, 0) is 11.3 Å². The van der Waals surface area contributed by atoms with E-state index >= 15 is 0 Å². The van der Waals surface area contributed by atoms with Crippen molar-refractivity contribution in [3.63, 3.8) is 0 Å². The van der Waals surface area contributed by atoms with E-state index in [9.17, 15) is 4.79 Å². The van der Waals surface area contributed by atoms with E-state index in [-0.39, 0.29) is 23.7 Å². The fraction of sp³-hybridized carbons (Fsp3) is 0.643. The summed E-state index contributed by atoms with van der Waals surface area (Å²) in [4.78, 5) is 13.8. The van der Waals surface area contributed by atoms with Gasteiger partial charge in [-0.1, -0.05) is 12.8 Å². The number of rotatable bonds is 3. The Bertz CT molecular complexity index is 481. The van der Waals surface area contributed by atoms with Crippen molar-refractivity contribution >= 4 is 45.6 Å². The molecule has 3 rings (SSSR count). The maximum Gasteiger partial charge on any atom is 0.228 e. The number of amides is 1. The SMILES string of the molecule is Cl.O=C(NCc1sccc1Br)[C@@]12CCCC[C@H]1CNC2. The van der Waals surface area contributed by atoms with Gasteiger partial charge in [0.05, 0.1) is 12.0 Å². The Kier molecular flexibility index (Phi) is 5.51. The maximum atomic E-state index is 12.6. The molecule has 2 heterocycles. The van der Waals surface area contributed by atoms with Gasteiger partial charge in [0.15, 0.2) is 0 Å². The fourth-order valence-corrected chi connectivity index (χ4v) is 4.91. The van der Waals surface area contributed by atoms with Gasteiger partial charge in [0, 0.05) is 15.9 Å². The summed E-state index contributed by atoms with van der Waals surface area (Å²) in [5.41, 5.74) is -0.137. The molecule has 1 saturated carbocycles. The lowest BCUT2D eigenvalue weighted by molar-refractivity contribution is -0.134. The molecule has 0 spiro atoms. The van der Waals surface area contributed by atoms with Gasteiger partial charge in [-0.2, -0.15) is 0 Å². The van der Waals surface area contributed by atoms with Crippen molar-refractivity contribution in [1.82, 2.24) is 10.6 Å². The Hall–Kier alpha value is -0.100. The summed E-state index contributed by atoms with van der Waals surface area (Å²) in [5, 5.41) is 8.63. The van der Waals surface area contributed by atoms with Crippen LogP contribution >= 0.6 is 39.7 Å². The van der Waals surface area contributed by atoms with E-state index in [2.05, 4.69) is 26.6 Å². The summed E-state index contributed by atoms with van der Waals surface area (Å²) >= 11 is 5.20. The highest BCUT2D eigenvalue weighted by Gasteiger charge is 2.49. The van der Waals surface area contributed by atoms with Crippen LogP contribution in [0.1, 0.15) is 30.6 Å². The molecule has 0 unspecified atom stereocenters. The number of halogens is 2. The molecule has 1 aromatic heterocycles. The van der Waals surface area contributed by atoms with Gasteiger partial charge in [-0.15, -0.1) is 23.7 Å². The molecular formula is C14H20BrClN2OS. The maximum absolute atomic E-state index is 12.6. The van der Waals surface area contributed by atoms with Gasteiger partial charge in [0.2, 0.25) is 5.91 Å². The first-order chi connectivity index (χ1) is 9.22. The summed E-state index contributed by atoms with van der Waals surface area (Å²) < 4.78 is 1.10. The van der Waals surface area contributed by atoms with Crippen LogP contribution in [-0.4, -0.2) is 19.0 Å². The quantitative estimate of drug-likeness (QED) is 0.846. The molecule has 0 radical (unpaired) electrons. The van der Waals surface area contributed by atoms with Crippen LogP contribution in [0.15, 0.2) is 15.9 Å². The molecule has 1 aliphatic heterocycles. The van der Waals surface area contributed by atoms with Crippen molar-refractivity contribution in [3.05, 3.63) is 20.8 Å². The van der Waals surface area contributed by atoms with Crippen molar-refractivity contribution in [3.8, 4) is 0 Å². The van der Waals surface area contributed by atoms with E-state index in [0.717, 1.165) is 24.0 Å². The molecule has 2 atom stereocenters. The van der Waals surface area contributed by atoms with Gasteiger partial charge in [-0.3, -0.25) is 4.79 Å². The van der Waals surface area contributed by atoms with Gasteiger partial charge < -0.3 is 10.6 Å². The Balaban J connectivity index is 0.00000147. The number of hydrogen-bond donors (Lipinski definition) is 2. The van der Waals surface area contributed by atoms with Crippen LogP contribution in [0.4, 0.5) is 0 Å². The first-order valence-corrected chi connectivity index (χ1v) is 8.60. The fourth-order valence-electron chi connectivity index (χ4n) is 3.48. The molecule has 6 heteroatoms. The summed E-state index contributed by atoms with van der Waals surface area (Å²) in [7, 11) is 0. The minimum absolute atomic E-state index is 0. The molecule has 2 fully saturated rings. The number of hydrogen-bond acceptors (Lipinski definition) is 3. The summed E-state index contributed by atoms with van der Waals surface area (Å²) in [6.07, 6.45) is 4.71. The van der Waals surface area contributed by atoms with Gasteiger partial charge >= 0.3 is 0 Å². The number of fused-ring (bicyclic) bond motifs is 1. The van der Waals surface area contributed by atoms with E-state index in [1.54, 1.807) is 11.3 Å². The molecule has 2 aliphatic rings. The summed E-state index contributed by atoms with van der Waals surface area (Å²) in [5.74, 6) is 0.788. The van der Waals surface area contributed by atoms with Crippen LogP contribution < -0.4 is 10.6 Å². The molecule has 112 valence electrons. The molecule has 0 bridgehead atoms. The van der Waals surface area contributed by atoms with Gasteiger partial charge in [-0.05, 0) is 52.7 Å². The van der Waals surface area contributed by atoms with Gasteiger partial charge in [0.1, 0.15) is 0 Å². The average molecular weight is 380 g/mol. The Morgan fingerprint density at radius 2 is 2.40 bits per heavy atom. The third-order valence-corrected chi connectivity index (χ3v) is 6.52. The standard InChI is InChI=1S/C14H19BrN2OS.ClH/c15-11-4-6-19-12(11)8-17-13(18)14-5-2-1-3-10(14)7-16-9-14;/h4,6,10,16H,1-3,5,7-9H2,(H,17,18);1H/t10-,14+;/m0./s1. The third kappa shape index (κ3) is 2.91. The highest BCUT2D eigenvalue weighted by molar-refractivity contribution is 9.10. The van der Waals surface area contributed by atoms with Crippen LogP contribution in [0.5, 0.6) is 0 Å². The molecule has 0 aromatic carbocycles. The van der Waals surface area contributed by atoms with Crippen LogP contribution in [0.2, 0.25) is 0 Å². The Labute approximate surface area is 138 Å². The van der Waals surface area contributed by atoms with E-state index < -0.39 is 0 Å². The third-order valence-electron chi connectivity index (χ3n) is 4.59. The van der Waals surface area contributed by atoms with E-state index in [4.69, 9.17) is 0 Å². The number of carbonyl (C=O) groups excluding carboxylic acids is 1. The van der Waals surface area contributed by atoms with Crippen LogP contribution in [0, 0.1) is 11.3 Å². The number of carbonyl (C=O) groups is 1.